The summed E-state index contributed by atoms with van der Waals surface area (Å²) >= 11 is 0. The largest absolute Gasteiger partial charge is 0.328 e. The van der Waals surface area contributed by atoms with Crippen molar-refractivity contribution in [3.63, 3.8) is 0 Å². The first-order valence-corrected chi connectivity index (χ1v) is 6.38. The molecule has 0 bridgehead atoms. The molecule has 1 N–H and O–H groups in total. The Kier molecular flexibility index (Phi) is 3.30. The van der Waals surface area contributed by atoms with Gasteiger partial charge in [0.05, 0.1) is 11.4 Å². The van der Waals surface area contributed by atoms with Gasteiger partial charge in [-0.1, -0.05) is 20.8 Å². The minimum atomic E-state index is -0.371. The van der Waals surface area contributed by atoms with Gasteiger partial charge in [0.15, 0.2) is 0 Å². The summed E-state index contributed by atoms with van der Waals surface area (Å²) in [6.45, 7) is 8.58. The maximum atomic E-state index is 11.8. The van der Waals surface area contributed by atoms with Gasteiger partial charge in [-0.3, -0.25) is 20.0 Å². The van der Waals surface area contributed by atoms with Gasteiger partial charge < -0.3 is 0 Å². The summed E-state index contributed by atoms with van der Waals surface area (Å²) in [5.74, 6) is -0.224. The molecule has 0 unspecified atom stereocenters. The van der Waals surface area contributed by atoms with Crippen LogP contribution in [0.4, 0.5) is 10.5 Å². The predicted octanol–water partition coefficient (Wildman–Crippen LogP) is 2.13. The molecule has 0 spiro atoms. The number of carbonyl (C=O) groups is 2. The molecule has 3 amide bonds. The third kappa shape index (κ3) is 2.75. The van der Waals surface area contributed by atoms with E-state index in [4.69, 9.17) is 0 Å². The van der Waals surface area contributed by atoms with E-state index < -0.39 is 0 Å². The number of carbonyl (C=O) groups excluding carboxylic acids is 2. The van der Waals surface area contributed by atoms with Crippen LogP contribution in [-0.4, -0.2) is 23.5 Å². The summed E-state index contributed by atoms with van der Waals surface area (Å²) in [5, 5.41) is 2.32. The van der Waals surface area contributed by atoms with Crippen LogP contribution in [0.5, 0.6) is 0 Å². The lowest BCUT2D eigenvalue weighted by Crippen LogP contribution is -2.49. The van der Waals surface area contributed by atoms with Gasteiger partial charge in [0.1, 0.15) is 0 Å². The van der Waals surface area contributed by atoms with Crippen molar-refractivity contribution in [3.05, 3.63) is 23.5 Å². The number of amides is 3. The molecule has 1 saturated heterocycles. The van der Waals surface area contributed by atoms with Crippen molar-refractivity contribution in [2.45, 2.75) is 39.5 Å². The number of rotatable bonds is 1. The third-order valence-corrected chi connectivity index (χ3v) is 3.17. The van der Waals surface area contributed by atoms with Crippen molar-refractivity contribution >= 4 is 17.6 Å². The van der Waals surface area contributed by atoms with E-state index in [1.165, 1.54) is 0 Å². The summed E-state index contributed by atoms with van der Waals surface area (Å²) in [7, 11) is 0. The zero-order chi connectivity index (χ0) is 14.2. The Morgan fingerprint density at radius 1 is 1.26 bits per heavy atom. The number of anilines is 1. The van der Waals surface area contributed by atoms with Crippen molar-refractivity contribution in [1.82, 2.24) is 10.3 Å². The van der Waals surface area contributed by atoms with Crippen LogP contribution in [0, 0.1) is 6.92 Å². The van der Waals surface area contributed by atoms with E-state index in [1.54, 1.807) is 4.90 Å². The Morgan fingerprint density at radius 3 is 2.47 bits per heavy atom. The number of nitrogens with zero attached hydrogens (tertiary/aromatic N) is 2. The molecule has 1 aromatic heterocycles. The van der Waals surface area contributed by atoms with E-state index in [-0.39, 0.29) is 17.4 Å². The standard InChI is InChI=1S/C14H19N3O2/c1-9-10(5-6-11(15-9)14(2,3)4)17-8-7-12(18)16-13(17)19/h5-6H,7-8H2,1-4H3,(H,16,18,19). The molecule has 0 atom stereocenters. The third-order valence-electron chi connectivity index (χ3n) is 3.17. The second-order valence-corrected chi connectivity index (χ2v) is 5.81. The monoisotopic (exact) mass is 261 g/mol. The van der Waals surface area contributed by atoms with Gasteiger partial charge in [0, 0.05) is 24.1 Å². The Labute approximate surface area is 113 Å². The maximum Gasteiger partial charge on any atom is 0.328 e. The molecule has 1 aliphatic rings. The zero-order valence-corrected chi connectivity index (χ0v) is 11.8. The lowest BCUT2D eigenvalue weighted by Gasteiger charge is -2.28. The Bertz CT molecular complexity index is 532. The van der Waals surface area contributed by atoms with Gasteiger partial charge in [-0.05, 0) is 19.1 Å². The quantitative estimate of drug-likeness (QED) is 0.842. The van der Waals surface area contributed by atoms with Crippen molar-refractivity contribution in [2.24, 2.45) is 0 Å². The number of pyridine rings is 1. The molecule has 2 rings (SSSR count). The number of hydrogen-bond acceptors (Lipinski definition) is 3. The van der Waals surface area contributed by atoms with E-state index in [1.807, 2.05) is 19.1 Å². The van der Waals surface area contributed by atoms with Gasteiger partial charge in [-0.25, -0.2) is 4.79 Å². The van der Waals surface area contributed by atoms with Gasteiger partial charge in [0.2, 0.25) is 5.91 Å². The van der Waals surface area contributed by atoms with E-state index in [9.17, 15) is 9.59 Å². The second kappa shape index (κ2) is 4.64. The summed E-state index contributed by atoms with van der Waals surface area (Å²) in [6.07, 6.45) is 0.326. The first-order chi connectivity index (χ1) is 8.79. The van der Waals surface area contributed by atoms with Crippen molar-refractivity contribution in [1.29, 1.82) is 0 Å². The van der Waals surface area contributed by atoms with Crippen LogP contribution in [0.1, 0.15) is 38.6 Å². The number of hydrogen-bond donors (Lipinski definition) is 1. The van der Waals surface area contributed by atoms with Crippen LogP contribution in [0.15, 0.2) is 12.1 Å². The fourth-order valence-corrected chi connectivity index (χ4v) is 2.05. The summed E-state index contributed by atoms with van der Waals surface area (Å²) in [5.41, 5.74) is 2.53. The topological polar surface area (TPSA) is 62.3 Å². The highest BCUT2D eigenvalue weighted by Gasteiger charge is 2.26. The molecule has 0 radical (unpaired) electrons. The molecule has 5 nitrogen and oxygen atoms in total. The van der Waals surface area contributed by atoms with Gasteiger partial charge in [-0.15, -0.1) is 0 Å². The summed E-state index contributed by atoms with van der Waals surface area (Å²) in [4.78, 5) is 29.1. The molecule has 102 valence electrons. The highest BCUT2D eigenvalue weighted by Crippen LogP contribution is 2.26. The Morgan fingerprint density at radius 2 is 1.95 bits per heavy atom. The lowest BCUT2D eigenvalue weighted by molar-refractivity contribution is -0.120. The molecular formula is C14H19N3O2. The highest BCUT2D eigenvalue weighted by atomic mass is 16.2. The zero-order valence-electron chi connectivity index (χ0n) is 11.8. The molecule has 1 fully saturated rings. The van der Waals surface area contributed by atoms with E-state index >= 15 is 0 Å². The molecule has 1 aliphatic heterocycles. The van der Waals surface area contributed by atoms with Crippen LogP contribution in [0.3, 0.4) is 0 Å². The molecule has 1 aromatic rings. The predicted molar refractivity (Wildman–Crippen MR) is 73.2 cm³/mol. The van der Waals surface area contributed by atoms with Crippen LogP contribution in [0.2, 0.25) is 0 Å². The van der Waals surface area contributed by atoms with Crippen LogP contribution < -0.4 is 10.2 Å². The first kappa shape index (κ1) is 13.5. The van der Waals surface area contributed by atoms with E-state index in [0.717, 1.165) is 17.1 Å². The van der Waals surface area contributed by atoms with Crippen molar-refractivity contribution < 1.29 is 9.59 Å². The van der Waals surface area contributed by atoms with Crippen molar-refractivity contribution in [3.8, 4) is 0 Å². The molecule has 0 aromatic carbocycles. The summed E-state index contributed by atoms with van der Waals surface area (Å²) < 4.78 is 0. The first-order valence-electron chi connectivity index (χ1n) is 6.38. The highest BCUT2D eigenvalue weighted by molar-refractivity contribution is 6.05. The minimum absolute atomic E-state index is 0.0244. The van der Waals surface area contributed by atoms with Crippen LogP contribution >= 0.6 is 0 Å². The molecule has 0 aliphatic carbocycles. The number of aryl methyl sites for hydroxylation is 1. The van der Waals surface area contributed by atoms with Gasteiger partial charge in [-0.2, -0.15) is 0 Å². The smallest absolute Gasteiger partial charge is 0.292 e. The van der Waals surface area contributed by atoms with Gasteiger partial charge >= 0.3 is 6.03 Å². The van der Waals surface area contributed by atoms with Crippen molar-refractivity contribution in [2.75, 3.05) is 11.4 Å². The molecular weight excluding hydrogens is 242 g/mol. The van der Waals surface area contributed by atoms with Crippen LogP contribution in [-0.2, 0) is 10.2 Å². The minimum Gasteiger partial charge on any atom is -0.292 e. The fraction of sp³-hybridized carbons (Fsp3) is 0.500. The average molecular weight is 261 g/mol. The number of nitrogens with one attached hydrogen (secondary N) is 1. The van der Waals surface area contributed by atoms with Gasteiger partial charge in [0.25, 0.3) is 0 Å². The second-order valence-electron chi connectivity index (χ2n) is 5.81. The lowest BCUT2D eigenvalue weighted by atomic mass is 9.91. The molecule has 5 heteroatoms. The van der Waals surface area contributed by atoms with E-state index in [2.05, 4.69) is 31.1 Å². The average Bonchev–Trinajstić information content (AvgIpc) is 2.28. The fourth-order valence-electron chi connectivity index (χ4n) is 2.05. The Balaban J connectivity index is 2.31. The Hall–Kier alpha value is -1.91. The van der Waals surface area contributed by atoms with Crippen LogP contribution in [0.25, 0.3) is 0 Å². The summed E-state index contributed by atoms with van der Waals surface area (Å²) in [6, 6.07) is 3.47. The number of imide groups is 1. The normalized spacial score (nSPS) is 16.5. The van der Waals surface area contributed by atoms with E-state index in [0.29, 0.717) is 13.0 Å². The number of urea groups is 1. The molecule has 0 saturated carbocycles. The SMILES string of the molecule is Cc1nc(C(C)(C)C)ccc1N1CCC(=O)NC1=O. The molecule has 2 heterocycles. The molecule has 19 heavy (non-hydrogen) atoms. The number of aromatic nitrogens is 1. The maximum absolute atomic E-state index is 11.8.